The molecule has 0 radical (unpaired) electrons. The lowest BCUT2D eigenvalue weighted by Gasteiger charge is -2.39. The summed E-state index contributed by atoms with van der Waals surface area (Å²) in [6, 6.07) is 3.66. The molecule has 0 aromatic carbocycles. The van der Waals surface area contributed by atoms with Gasteiger partial charge in [0.2, 0.25) is 0 Å². The summed E-state index contributed by atoms with van der Waals surface area (Å²) in [5.41, 5.74) is -0.161. The molecule has 2 N–H and O–H groups in total. The van der Waals surface area contributed by atoms with Crippen molar-refractivity contribution in [1.29, 1.82) is 0 Å². The van der Waals surface area contributed by atoms with Gasteiger partial charge in [0.1, 0.15) is 11.9 Å². The van der Waals surface area contributed by atoms with Crippen molar-refractivity contribution >= 4 is 5.91 Å². The fourth-order valence-corrected chi connectivity index (χ4v) is 3.67. The van der Waals surface area contributed by atoms with Crippen LogP contribution in [0, 0.1) is 6.92 Å². The minimum absolute atomic E-state index is 0.00633. The number of ether oxygens (including phenoxy) is 2. The number of hydrogen-bond donors (Lipinski definition) is 2. The molecule has 2 saturated heterocycles. The Morgan fingerprint density at radius 1 is 1.38 bits per heavy atom. The highest BCUT2D eigenvalue weighted by molar-refractivity contribution is 5.86. The number of aliphatic hydroxyl groups excluding tert-OH is 1. The van der Waals surface area contributed by atoms with Gasteiger partial charge in [-0.2, -0.15) is 0 Å². The van der Waals surface area contributed by atoms with E-state index in [1.807, 2.05) is 32.9 Å². The molecule has 144 valence electrons. The molecule has 0 bridgehead atoms. The molecule has 0 aliphatic carbocycles. The molecule has 2 fully saturated rings. The van der Waals surface area contributed by atoms with Gasteiger partial charge in [-0.25, -0.2) is 0 Å². The van der Waals surface area contributed by atoms with Crippen LogP contribution < -0.4 is 10.1 Å². The topological polar surface area (TPSA) is 83.9 Å². The van der Waals surface area contributed by atoms with Crippen molar-refractivity contribution < 1.29 is 19.4 Å². The van der Waals surface area contributed by atoms with Gasteiger partial charge in [-0.3, -0.25) is 9.78 Å². The van der Waals surface area contributed by atoms with Crippen LogP contribution in [0.3, 0.4) is 0 Å². The zero-order valence-corrected chi connectivity index (χ0v) is 15.8. The van der Waals surface area contributed by atoms with Crippen LogP contribution >= 0.6 is 0 Å². The van der Waals surface area contributed by atoms with Crippen molar-refractivity contribution in [2.45, 2.75) is 57.5 Å². The van der Waals surface area contributed by atoms with Gasteiger partial charge < -0.3 is 24.8 Å². The fourth-order valence-electron chi connectivity index (χ4n) is 3.67. The Morgan fingerprint density at radius 2 is 2.12 bits per heavy atom. The third kappa shape index (κ3) is 4.00. The first-order valence-electron chi connectivity index (χ1n) is 9.35. The average molecular weight is 363 g/mol. The number of hydrogen-bond acceptors (Lipinski definition) is 6. The molecule has 2 aliphatic heterocycles. The Kier molecular flexibility index (Phi) is 5.79. The van der Waals surface area contributed by atoms with E-state index in [0.717, 1.165) is 5.69 Å². The molecule has 3 rings (SSSR count). The SMILES string of the molecule is Cc1ncccc1OC1(C(=O)N2C[C@H](OC(C)C)[C@@H](O)C2)CCNCC1. The fraction of sp³-hybridized carbons (Fsp3) is 0.684. The van der Waals surface area contributed by atoms with Crippen molar-refractivity contribution in [3.63, 3.8) is 0 Å². The Labute approximate surface area is 154 Å². The quantitative estimate of drug-likeness (QED) is 0.808. The van der Waals surface area contributed by atoms with Gasteiger partial charge in [-0.05, 0) is 46.0 Å². The van der Waals surface area contributed by atoms with E-state index in [1.165, 1.54) is 0 Å². The summed E-state index contributed by atoms with van der Waals surface area (Å²) >= 11 is 0. The van der Waals surface area contributed by atoms with Gasteiger partial charge in [-0.1, -0.05) is 0 Å². The number of β-amino-alcohol motifs (C(OH)–C–C–N with tert-alkyl or cyclic N) is 1. The predicted octanol–water partition coefficient (Wildman–Crippen LogP) is 0.888. The monoisotopic (exact) mass is 363 g/mol. The number of carbonyl (C=O) groups is 1. The average Bonchev–Trinajstić information content (AvgIpc) is 2.97. The second kappa shape index (κ2) is 7.90. The Balaban J connectivity index is 1.79. The molecule has 0 spiro atoms. The van der Waals surface area contributed by atoms with Crippen molar-refractivity contribution in [1.82, 2.24) is 15.2 Å². The van der Waals surface area contributed by atoms with E-state index in [0.29, 0.717) is 38.2 Å². The Morgan fingerprint density at radius 3 is 2.77 bits per heavy atom. The highest BCUT2D eigenvalue weighted by atomic mass is 16.5. The maximum atomic E-state index is 13.4. The van der Waals surface area contributed by atoms with Gasteiger partial charge >= 0.3 is 0 Å². The van der Waals surface area contributed by atoms with Crippen LogP contribution in [0.25, 0.3) is 0 Å². The van der Waals surface area contributed by atoms with Gasteiger partial charge in [0.15, 0.2) is 5.60 Å². The summed E-state index contributed by atoms with van der Waals surface area (Å²) in [5, 5.41) is 13.6. The van der Waals surface area contributed by atoms with E-state index in [9.17, 15) is 9.90 Å². The minimum atomic E-state index is -0.925. The van der Waals surface area contributed by atoms with Crippen LogP contribution in [0.4, 0.5) is 0 Å². The lowest BCUT2D eigenvalue weighted by molar-refractivity contribution is -0.150. The molecule has 0 unspecified atom stereocenters. The molecule has 2 aliphatic rings. The number of pyridine rings is 1. The lowest BCUT2D eigenvalue weighted by atomic mass is 9.90. The molecule has 3 heterocycles. The molecule has 1 amide bonds. The summed E-state index contributed by atoms with van der Waals surface area (Å²) in [7, 11) is 0. The summed E-state index contributed by atoms with van der Waals surface area (Å²) in [6.07, 6.45) is 1.87. The largest absolute Gasteiger partial charge is 0.475 e. The number of carbonyl (C=O) groups excluding carboxylic acids is 1. The second-order valence-corrected chi connectivity index (χ2v) is 7.43. The molecule has 26 heavy (non-hydrogen) atoms. The van der Waals surface area contributed by atoms with E-state index in [1.54, 1.807) is 11.1 Å². The lowest BCUT2D eigenvalue weighted by Crippen LogP contribution is -2.57. The molecule has 7 nitrogen and oxygen atoms in total. The third-order valence-corrected chi connectivity index (χ3v) is 5.04. The van der Waals surface area contributed by atoms with Gasteiger partial charge in [0.05, 0.1) is 17.9 Å². The van der Waals surface area contributed by atoms with E-state index in [4.69, 9.17) is 9.47 Å². The minimum Gasteiger partial charge on any atom is -0.475 e. The second-order valence-electron chi connectivity index (χ2n) is 7.43. The van der Waals surface area contributed by atoms with Gasteiger partial charge in [-0.15, -0.1) is 0 Å². The van der Waals surface area contributed by atoms with Crippen molar-refractivity contribution in [3.05, 3.63) is 24.0 Å². The summed E-state index contributed by atoms with van der Waals surface area (Å²) in [5.74, 6) is 0.564. The number of aliphatic hydroxyl groups is 1. The van der Waals surface area contributed by atoms with Crippen LogP contribution in [-0.2, 0) is 9.53 Å². The number of nitrogens with one attached hydrogen (secondary N) is 1. The number of nitrogens with zero attached hydrogens (tertiary/aromatic N) is 2. The molecule has 0 saturated carbocycles. The third-order valence-electron chi connectivity index (χ3n) is 5.04. The zero-order chi connectivity index (χ0) is 18.7. The van der Waals surface area contributed by atoms with Gasteiger partial charge in [0, 0.05) is 32.1 Å². The molecule has 2 atom stereocenters. The van der Waals surface area contributed by atoms with Crippen molar-refractivity contribution in [3.8, 4) is 5.75 Å². The van der Waals surface area contributed by atoms with Gasteiger partial charge in [0.25, 0.3) is 5.91 Å². The summed E-state index contributed by atoms with van der Waals surface area (Å²) < 4.78 is 12.0. The number of piperidine rings is 1. The zero-order valence-electron chi connectivity index (χ0n) is 15.8. The number of rotatable bonds is 5. The van der Waals surface area contributed by atoms with Crippen molar-refractivity contribution in [2.75, 3.05) is 26.2 Å². The number of aromatic nitrogens is 1. The first-order valence-corrected chi connectivity index (χ1v) is 9.35. The summed E-state index contributed by atoms with van der Waals surface area (Å²) in [6.45, 7) is 7.84. The molecular formula is C19H29N3O4. The Bertz CT molecular complexity index is 631. The van der Waals surface area contributed by atoms with Crippen LogP contribution in [0.5, 0.6) is 5.75 Å². The molecule has 1 aromatic rings. The van der Waals surface area contributed by atoms with E-state index in [-0.39, 0.29) is 24.7 Å². The smallest absolute Gasteiger partial charge is 0.267 e. The van der Waals surface area contributed by atoms with Crippen LogP contribution in [-0.4, -0.2) is 71.0 Å². The predicted molar refractivity (Wildman–Crippen MR) is 97.0 cm³/mol. The highest BCUT2D eigenvalue weighted by Crippen LogP contribution is 2.31. The number of amides is 1. The van der Waals surface area contributed by atoms with E-state index < -0.39 is 11.7 Å². The van der Waals surface area contributed by atoms with E-state index in [2.05, 4.69) is 10.3 Å². The highest BCUT2D eigenvalue weighted by Gasteiger charge is 2.48. The van der Waals surface area contributed by atoms with Crippen LogP contribution in [0.2, 0.25) is 0 Å². The number of aryl methyl sites for hydroxylation is 1. The normalized spacial score (nSPS) is 25.5. The molecule has 7 heteroatoms. The Hall–Kier alpha value is -1.70. The molecule has 1 aromatic heterocycles. The number of likely N-dealkylation sites (tertiary alicyclic amines) is 1. The first kappa shape index (κ1) is 19.1. The van der Waals surface area contributed by atoms with Crippen molar-refractivity contribution in [2.24, 2.45) is 0 Å². The van der Waals surface area contributed by atoms with Crippen LogP contribution in [0.15, 0.2) is 18.3 Å². The maximum Gasteiger partial charge on any atom is 0.267 e. The first-order chi connectivity index (χ1) is 12.4. The summed E-state index contributed by atoms with van der Waals surface area (Å²) in [4.78, 5) is 19.4. The van der Waals surface area contributed by atoms with E-state index >= 15 is 0 Å². The standard InChI is InChI=1S/C19H29N3O4/c1-13(2)25-17-12-22(11-15(17)23)18(24)19(6-9-20-10-7-19)26-16-5-4-8-21-14(16)3/h4-5,8,13,15,17,20,23H,6-7,9-12H2,1-3H3/t15-,17-/m0/s1. The molecular weight excluding hydrogens is 334 g/mol. The van der Waals surface area contributed by atoms with Crippen LogP contribution in [0.1, 0.15) is 32.4 Å². The maximum absolute atomic E-state index is 13.4.